The Morgan fingerprint density at radius 3 is 2.76 bits per heavy atom. The molecular weight excluding hydrogens is 232 g/mol. The van der Waals surface area contributed by atoms with Gasteiger partial charge in [0.05, 0.1) is 12.3 Å². The second kappa shape index (κ2) is 5.02. The van der Waals surface area contributed by atoms with Gasteiger partial charge in [-0.25, -0.2) is 0 Å². The molecule has 0 spiro atoms. The van der Waals surface area contributed by atoms with Crippen molar-refractivity contribution >= 4 is 11.3 Å². The van der Waals surface area contributed by atoms with E-state index in [0.29, 0.717) is 0 Å². The largest absolute Gasteiger partial charge is 0.388 e. The number of rotatable bonds is 4. The van der Waals surface area contributed by atoms with E-state index in [2.05, 4.69) is 25.0 Å². The van der Waals surface area contributed by atoms with Crippen LogP contribution in [0.15, 0.2) is 18.5 Å². The molecule has 2 heterocycles. The highest BCUT2D eigenvalue weighted by molar-refractivity contribution is 7.12. The normalized spacial score (nSPS) is 12.9. The Hall–Kier alpha value is -1.13. The molecule has 2 rings (SSSR count). The summed E-state index contributed by atoms with van der Waals surface area (Å²) in [5.74, 6) is 0. The Labute approximate surface area is 106 Å². The second-order valence-corrected chi connectivity index (χ2v) is 5.75. The second-order valence-electron chi connectivity index (χ2n) is 4.46. The number of aliphatic hydroxyl groups is 1. The fourth-order valence-electron chi connectivity index (χ4n) is 1.81. The lowest BCUT2D eigenvalue weighted by atomic mass is 10.1. The van der Waals surface area contributed by atoms with Gasteiger partial charge in [-0.05, 0) is 43.9 Å². The van der Waals surface area contributed by atoms with E-state index in [9.17, 15) is 5.11 Å². The molecule has 0 aliphatic rings. The van der Waals surface area contributed by atoms with Gasteiger partial charge >= 0.3 is 0 Å². The quantitative estimate of drug-likeness (QED) is 0.906. The van der Waals surface area contributed by atoms with Crippen LogP contribution in [-0.2, 0) is 13.5 Å². The van der Waals surface area contributed by atoms with Crippen LogP contribution in [0, 0.1) is 13.8 Å². The third-order valence-corrected chi connectivity index (χ3v) is 4.23. The van der Waals surface area contributed by atoms with Gasteiger partial charge in [-0.3, -0.25) is 4.68 Å². The first-order chi connectivity index (χ1) is 8.06. The predicted molar refractivity (Wildman–Crippen MR) is 70.3 cm³/mol. The summed E-state index contributed by atoms with van der Waals surface area (Å²) in [6.45, 7) is 4.18. The Morgan fingerprint density at radius 2 is 2.24 bits per heavy atom. The molecule has 1 unspecified atom stereocenters. The summed E-state index contributed by atoms with van der Waals surface area (Å²) < 4.78 is 1.79. The van der Waals surface area contributed by atoms with Gasteiger partial charge < -0.3 is 5.11 Å². The van der Waals surface area contributed by atoms with E-state index in [4.69, 9.17) is 0 Å². The SMILES string of the molecule is Cc1cc(C(O)CCc2cnn(C)c2)sc1C. The van der Waals surface area contributed by atoms with Crippen LogP contribution in [0.2, 0.25) is 0 Å². The molecule has 0 aromatic carbocycles. The highest BCUT2D eigenvalue weighted by Gasteiger charge is 2.12. The molecule has 0 saturated heterocycles. The van der Waals surface area contributed by atoms with E-state index in [0.717, 1.165) is 17.7 Å². The van der Waals surface area contributed by atoms with Crippen molar-refractivity contribution in [2.24, 2.45) is 7.05 Å². The van der Waals surface area contributed by atoms with Crippen LogP contribution >= 0.6 is 11.3 Å². The monoisotopic (exact) mass is 250 g/mol. The van der Waals surface area contributed by atoms with E-state index < -0.39 is 0 Å². The van der Waals surface area contributed by atoms with E-state index in [1.807, 2.05) is 19.4 Å². The van der Waals surface area contributed by atoms with Crippen LogP contribution in [-0.4, -0.2) is 14.9 Å². The van der Waals surface area contributed by atoms with E-state index in [-0.39, 0.29) is 6.10 Å². The Balaban J connectivity index is 1.95. The zero-order valence-electron chi connectivity index (χ0n) is 10.5. The Morgan fingerprint density at radius 1 is 1.47 bits per heavy atom. The average molecular weight is 250 g/mol. The lowest BCUT2D eigenvalue weighted by Crippen LogP contribution is -1.96. The summed E-state index contributed by atoms with van der Waals surface area (Å²) in [4.78, 5) is 2.37. The van der Waals surface area contributed by atoms with Gasteiger partial charge in [0.2, 0.25) is 0 Å². The first-order valence-electron chi connectivity index (χ1n) is 5.79. The van der Waals surface area contributed by atoms with Crippen molar-refractivity contribution in [2.45, 2.75) is 32.8 Å². The third-order valence-electron chi connectivity index (χ3n) is 2.98. The summed E-state index contributed by atoms with van der Waals surface area (Å²) >= 11 is 1.69. The van der Waals surface area contributed by atoms with E-state index >= 15 is 0 Å². The third kappa shape index (κ3) is 2.96. The Kier molecular flexibility index (Phi) is 3.64. The van der Waals surface area contributed by atoms with Gasteiger partial charge in [0.25, 0.3) is 0 Å². The van der Waals surface area contributed by atoms with Crippen LogP contribution in [0.25, 0.3) is 0 Å². The van der Waals surface area contributed by atoms with Gasteiger partial charge in [0.1, 0.15) is 0 Å². The average Bonchev–Trinajstić information content (AvgIpc) is 2.83. The fourth-order valence-corrected chi connectivity index (χ4v) is 2.88. The molecule has 4 heteroatoms. The van der Waals surface area contributed by atoms with E-state index in [1.165, 1.54) is 16.0 Å². The maximum atomic E-state index is 10.1. The Bertz CT molecular complexity index is 482. The maximum Gasteiger partial charge on any atom is 0.0885 e. The molecule has 1 N–H and O–H groups in total. The van der Waals surface area contributed by atoms with Crippen molar-refractivity contribution in [3.05, 3.63) is 39.3 Å². The lowest BCUT2D eigenvalue weighted by molar-refractivity contribution is 0.171. The first kappa shape index (κ1) is 12.3. The minimum absolute atomic E-state index is 0.354. The van der Waals surface area contributed by atoms with Crippen molar-refractivity contribution in [1.29, 1.82) is 0 Å². The van der Waals surface area contributed by atoms with Crippen LogP contribution in [0.3, 0.4) is 0 Å². The molecule has 0 aliphatic carbocycles. The number of nitrogens with zero attached hydrogens (tertiary/aromatic N) is 2. The summed E-state index contributed by atoms with van der Waals surface area (Å²) in [6, 6.07) is 2.09. The summed E-state index contributed by atoms with van der Waals surface area (Å²) in [5, 5.41) is 14.2. The van der Waals surface area contributed by atoms with Crippen molar-refractivity contribution < 1.29 is 5.11 Å². The number of aromatic nitrogens is 2. The molecule has 2 aromatic heterocycles. The molecule has 0 amide bonds. The van der Waals surface area contributed by atoms with Gasteiger partial charge in [-0.15, -0.1) is 11.3 Å². The molecular formula is C13H18N2OS. The number of hydrogen-bond donors (Lipinski definition) is 1. The standard InChI is InChI=1S/C13H18N2OS/c1-9-6-13(17-10(9)2)12(16)5-4-11-7-14-15(3)8-11/h6-8,12,16H,4-5H2,1-3H3. The molecule has 0 fully saturated rings. The van der Waals surface area contributed by atoms with Crippen molar-refractivity contribution in [2.75, 3.05) is 0 Å². The molecule has 92 valence electrons. The first-order valence-corrected chi connectivity index (χ1v) is 6.60. The zero-order valence-corrected chi connectivity index (χ0v) is 11.3. The highest BCUT2D eigenvalue weighted by atomic mass is 32.1. The van der Waals surface area contributed by atoms with Gasteiger partial charge in [0.15, 0.2) is 0 Å². The summed E-state index contributed by atoms with van der Waals surface area (Å²) in [5.41, 5.74) is 2.45. The van der Waals surface area contributed by atoms with Crippen molar-refractivity contribution in [1.82, 2.24) is 9.78 Å². The van der Waals surface area contributed by atoms with Gasteiger partial charge in [-0.1, -0.05) is 0 Å². The molecule has 2 aromatic rings. The van der Waals surface area contributed by atoms with Crippen LogP contribution in [0.4, 0.5) is 0 Å². The lowest BCUT2D eigenvalue weighted by Gasteiger charge is -2.06. The molecule has 3 nitrogen and oxygen atoms in total. The maximum absolute atomic E-state index is 10.1. The van der Waals surface area contributed by atoms with Crippen molar-refractivity contribution in [3.8, 4) is 0 Å². The van der Waals surface area contributed by atoms with Crippen LogP contribution in [0.1, 0.15) is 33.4 Å². The number of thiophene rings is 1. The summed E-state index contributed by atoms with van der Waals surface area (Å²) in [7, 11) is 1.91. The minimum Gasteiger partial charge on any atom is -0.388 e. The molecule has 17 heavy (non-hydrogen) atoms. The van der Waals surface area contributed by atoms with Crippen molar-refractivity contribution in [3.63, 3.8) is 0 Å². The van der Waals surface area contributed by atoms with Crippen LogP contribution < -0.4 is 0 Å². The number of aryl methyl sites for hydroxylation is 4. The molecule has 0 saturated carbocycles. The fraction of sp³-hybridized carbons (Fsp3) is 0.462. The predicted octanol–water partition coefficient (Wildman–Crippen LogP) is 2.76. The smallest absolute Gasteiger partial charge is 0.0885 e. The summed E-state index contributed by atoms with van der Waals surface area (Å²) in [6.07, 6.45) is 5.12. The van der Waals surface area contributed by atoms with Gasteiger partial charge in [0, 0.05) is 23.0 Å². The van der Waals surface area contributed by atoms with E-state index in [1.54, 1.807) is 16.0 Å². The molecule has 0 aliphatic heterocycles. The minimum atomic E-state index is -0.354. The topological polar surface area (TPSA) is 38.1 Å². The molecule has 0 bridgehead atoms. The highest BCUT2D eigenvalue weighted by Crippen LogP contribution is 2.28. The number of hydrogen-bond acceptors (Lipinski definition) is 3. The molecule has 0 radical (unpaired) electrons. The van der Waals surface area contributed by atoms with Gasteiger partial charge in [-0.2, -0.15) is 5.10 Å². The zero-order chi connectivity index (χ0) is 12.4. The molecule has 1 atom stereocenters. The van der Waals surface area contributed by atoms with Crippen LogP contribution in [0.5, 0.6) is 0 Å². The number of aliphatic hydroxyl groups excluding tert-OH is 1.